The molecule has 0 aliphatic rings. The summed E-state index contributed by atoms with van der Waals surface area (Å²) in [5.74, 6) is 0.286. The Bertz CT molecular complexity index is 1090. The lowest BCUT2D eigenvalue weighted by atomic mass is 10.2. The molecule has 7 heteroatoms. The fraction of sp³-hybridized carbons (Fsp3) is 0.150. The standard InChI is InChI=1S/C20H17FN4OS/c1-24(11-14-6-2-3-7-15(14)21)19(26)12-25-17-9-5-4-8-16(17)23-20(25)18-10-22-13-27-18/h2-10,13H,11-12H2,1H3. The Hall–Kier alpha value is -3.06. The second kappa shape index (κ2) is 7.28. The van der Waals surface area contributed by atoms with Gasteiger partial charge in [-0.3, -0.25) is 9.78 Å². The van der Waals surface area contributed by atoms with Crippen LogP contribution in [0.2, 0.25) is 0 Å². The minimum absolute atomic E-state index is 0.118. The number of halogens is 1. The number of hydrogen-bond acceptors (Lipinski definition) is 4. The van der Waals surface area contributed by atoms with Crippen molar-refractivity contribution in [3.8, 4) is 10.7 Å². The van der Waals surface area contributed by atoms with Crippen LogP contribution in [0.3, 0.4) is 0 Å². The first-order chi connectivity index (χ1) is 13.1. The van der Waals surface area contributed by atoms with Gasteiger partial charge in [0.2, 0.25) is 5.91 Å². The smallest absolute Gasteiger partial charge is 0.242 e. The number of hydrogen-bond donors (Lipinski definition) is 0. The zero-order valence-electron chi connectivity index (χ0n) is 14.7. The van der Waals surface area contributed by atoms with Gasteiger partial charge in [-0.2, -0.15) is 0 Å². The molecule has 0 atom stereocenters. The summed E-state index contributed by atoms with van der Waals surface area (Å²) >= 11 is 1.48. The van der Waals surface area contributed by atoms with Crippen LogP contribution in [0, 0.1) is 5.82 Å². The van der Waals surface area contributed by atoms with Gasteiger partial charge in [0.15, 0.2) is 5.82 Å². The molecular weight excluding hydrogens is 363 g/mol. The van der Waals surface area contributed by atoms with Crippen molar-refractivity contribution in [2.75, 3.05) is 7.05 Å². The normalized spacial score (nSPS) is 11.0. The molecule has 2 heterocycles. The van der Waals surface area contributed by atoms with Gasteiger partial charge < -0.3 is 9.47 Å². The van der Waals surface area contributed by atoms with E-state index in [1.807, 2.05) is 28.8 Å². The van der Waals surface area contributed by atoms with Gasteiger partial charge in [0, 0.05) is 25.4 Å². The van der Waals surface area contributed by atoms with Gasteiger partial charge in [0.25, 0.3) is 0 Å². The Balaban J connectivity index is 1.63. The number of likely N-dealkylation sites (N-methyl/N-ethyl adjacent to an activating group) is 1. The summed E-state index contributed by atoms with van der Waals surface area (Å²) in [5, 5.41) is 0. The lowest BCUT2D eigenvalue weighted by Gasteiger charge is -2.19. The van der Waals surface area contributed by atoms with E-state index in [9.17, 15) is 9.18 Å². The maximum atomic E-state index is 13.9. The number of benzene rings is 2. The Labute approximate surface area is 159 Å². The van der Waals surface area contributed by atoms with Crippen molar-refractivity contribution in [3.63, 3.8) is 0 Å². The third-order valence-corrected chi connectivity index (χ3v) is 5.16. The second-order valence-electron chi connectivity index (χ2n) is 6.22. The molecule has 4 rings (SSSR count). The third-order valence-electron chi connectivity index (χ3n) is 4.39. The summed E-state index contributed by atoms with van der Waals surface area (Å²) in [6.45, 7) is 0.340. The highest BCUT2D eigenvalue weighted by atomic mass is 32.1. The summed E-state index contributed by atoms with van der Waals surface area (Å²) in [7, 11) is 1.68. The van der Waals surface area contributed by atoms with E-state index in [2.05, 4.69) is 9.97 Å². The number of rotatable bonds is 5. The van der Waals surface area contributed by atoms with E-state index >= 15 is 0 Å². The average Bonchev–Trinajstić information content (AvgIpc) is 3.32. The molecule has 5 nitrogen and oxygen atoms in total. The predicted octanol–water partition coefficient (Wildman–Crippen LogP) is 3.96. The van der Waals surface area contributed by atoms with E-state index in [-0.39, 0.29) is 24.8 Å². The first-order valence-corrected chi connectivity index (χ1v) is 9.33. The second-order valence-corrected chi connectivity index (χ2v) is 7.10. The number of nitrogens with zero attached hydrogens (tertiary/aromatic N) is 4. The Morgan fingerprint density at radius 2 is 1.96 bits per heavy atom. The van der Waals surface area contributed by atoms with Gasteiger partial charge in [-0.05, 0) is 18.2 Å². The molecule has 2 aromatic carbocycles. The molecule has 0 saturated heterocycles. The number of carbonyl (C=O) groups excluding carboxylic acids is 1. The highest BCUT2D eigenvalue weighted by molar-refractivity contribution is 7.13. The first kappa shape index (κ1) is 17.4. The minimum Gasteiger partial charge on any atom is -0.340 e. The van der Waals surface area contributed by atoms with Crippen LogP contribution in [0.15, 0.2) is 60.2 Å². The Morgan fingerprint density at radius 3 is 2.74 bits per heavy atom. The molecule has 0 unspecified atom stereocenters. The van der Waals surface area contributed by atoms with Crippen molar-refractivity contribution in [1.82, 2.24) is 19.4 Å². The number of para-hydroxylation sites is 2. The minimum atomic E-state index is -0.310. The number of aromatic nitrogens is 3. The van der Waals surface area contributed by atoms with E-state index in [0.717, 1.165) is 15.9 Å². The van der Waals surface area contributed by atoms with E-state index in [0.29, 0.717) is 11.4 Å². The molecule has 0 aliphatic carbocycles. The van der Waals surface area contributed by atoms with Crippen molar-refractivity contribution in [3.05, 3.63) is 71.6 Å². The summed E-state index contributed by atoms with van der Waals surface area (Å²) < 4.78 is 15.8. The van der Waals surface area contributed by atoms with Crippen LogP contribution in [0.25, 0.3) is 21.7 Å². The van der Waals surface area contributed by atoms with Crippen LogP contribution in [-0.2, 0) is 17.9 Å². The highest BCUT2D eigenvalue weighted by Gasteiger charge is 2.18. The molecule has 0 saturated carbocycles. The van der Waals surface area contributed by atoms with E-state index < -0.39 is 0 Å². The average molecular weight is 380 g/mol. The van der Waals surface area contributed by atoms with Crippen molar-refractivity contribution >= 4 is 28.3 Å². The van der Waals surface area contributed by atoms with Crippen molar-refractivity contribution in [2.24, 2.45) is 0 Å². The molecule has 27 heavy (non-hydrogen) atoms. The van der Waals surface area contributed by atoms with Gasteiger partial charge in [0.1, 0.15) is 12.4 Å². The van der Waals surface area contributed by atoms with Crippen molar-refractivity contribution in [1.29, 1.82) is 0 Å². The van der Waals surface area contributed by atoms with Crippen LogP contribution in [-0.4, -0.2) is 32.4 Å². The molecule has 0 fully saturated rings. The van der Waals surface area contributed by atoms with E-state index in [4.69, 9.17) is 0 Å². The van der Waals surface area contributed by atoms with Gasteiger partial charge in [-0.1, -0.05) is 30.3 Å². The number of thiazole rings is 1. The molecule has 0 radical (unpaired) electrons. The zero-order chi connectivity index (χ0) is 18.8. The zero-order valence-corrected chi connectivity index (χ0v) is 15.5. The van der Waals surface area contributed by atoms with Crippen molar-refractivity contribution < 1.29 is 9.18 Å². The molecule has 0 spiro atoms. The lowest BCUT2D eigenvalue weighted by molar-refractivity contribution is -0.131. The Kier molecular flexibility index (Phi) is 4.68. The molecule has 1 amide bonds. The summed E-state index contributed by atoms with van der Waals surface area (Å²) in [5.41, 5.74) is 3.94. The van der Waals surface area contributed by atoms with Crippen LogP contribution >= 0.6 is 11.3 Å². The van der Waals surface area contributed by atoms with Crippen molar-refractivity contribution in [2.45, 2.75) is 13.1 Å². The fourth-order valence-electron chi connectivity index (χ4n) is 2.98. The first-order valence-electron chi connectivity index (χ1n) is 8.45. The number of fused-ring (bicyclic) bond motifs is 1. The predicted molar refractivity (Wildman–Crippen MR) is 104 cm³/mol. The summed E-state index contributed by atoms with van der Waals surface area (Å²) in [6, 6.07) is 14.2. The van der Waals surface area contributed by atoms with Gasteiger partial charge in [-0.25, -0.2) is 9.37 Å². The van der Waals surface area contributed by atoms with Crippen LogP contribution in [0.4, 0.5) is 4.39 Å². The third kappa shape index (κ3) is 3.46. The maximum Gasteiger partial charge on any atom is 0.242 e. The summed E-state index contributed by atoms with van der Waals surface area (Å²) in [6.07, 6.45) is 1.75. The molecule has 0 bridgehead atoms. The topological polar surface area (TPSA) is 51.0 Å². The maximum absolute atomic E-state index is 13.9. The molecule has 0 aliphatic heterocycles. The fourth-order valence-corrected chi connectivity index (χ4v) is 3.59. The largest absolute Gasteiger partial charge is 0.340 e. The van der Waals surface area contributed by atoms with Crippen LogP contribution in [0.5, 0.6) is 0 Å². The van der Waals surface area contributed by atoms with Crippen LogP contribution in [0.1, 0.15) is 5.56 Å². The van der Waals surface area contributed by atoms with E-state index in [1.54, 1.807) is 37.0 Å². The molecular formula is C20H17FN4OS. The quantitative estimate of drug-likeness (QED) is 0.527. The number of carbonyl (C=O) groups is 1. The van der Waals surface area contributed by atoms with Gasteiger partial charge in [0.05, 0.1) is 21.4 Å². The SMILES string of the molecule is CN(Cc1ccccc1F)C(=O)Cn1c(-c2cncs2)nc2ccccc21. The number of imidazole rings is 1. The highest BCUT2D eigenvalue weighted by Crippen LogP contribution is 2.27. The monoisotopic (exact) mass is 380 g/mol. The summed E-state index contributed by atoms with van der Waals surface area (Å²) in [4.78, 5) is 24.1. The van der Waals surface area contributed by atoms with E-state index in [1.165, 1.54) is 22.3 Å². The molecule has 4 aromatic rings. The lowest BCUT2D eigenvalue weighted by Crippen LogP contribution is -2.30. The molecule has 136 valence electrons. The molecule has 2 aromatic heterocycles. The van der Waals surface area contributed by atoms with Crippen LogP contribution < -0.4 is 0 Å². The molecule has 0 N–H and O–H groups in total. The van der Waals surface area contributed by atoms with Gasteiger partial charge in [-0.15, -0.1) is 11.3 Å². The van der Waals surface area contributed by atoms with Gasteiger partial charge >= 0.3 is 0 Å². The Morgan fingerprint density at radius 1 is 1.19 bits per heavy atom. The number of amides is 1.